The van der Waals surface area contributed by atoms with E-state index in [-0.39, 0.29) is 16.8 Å². The van der Waals surface area contributed by atoms with E-state index in [0.717, 1.165) is 18.1 Å². The molecule has 5 nitrogen and oxygen atoms in total. The van der Waals surface area contributed by atoms with Crippen molar-refractivity contribution in [1.29, 1.82) is 0 Å². The summed E-state index contributed by atoms with van der Waals surface area (Å²) >= 11 is 0.992. The van der Waals surface area contributed by atoms with Crippen LogP contribution in [0.1, 0.15) is 24.4 Å². The molecule has 0 bridgehead atoms. The third-order valence-electron chi connectivity index (χ3n) is 4.27. The summed E-state index contributed by atoms with van der Waals surface area (Å²) in [7, 11) is -3.73. The van der Waals surface area contributed by atoms with Gasteiger partial charge in [0.2, 0.25) is 10.0 Å². The van der Waals surface area contributed by atoms with Crippen molar-refractivity contribution in [1.82, 2.24) is 13.1 Å². The molecule has 4 rings (SSSR count). The van der Waals surface area contributed by atoms with Crippen LogP contribution in [0.15, 0.2) is 47.4 Å². The van der Waals surface area contributed by atoms with Crippen LogP contribution in [-0.2, 0) is 10.0 Å². The third kappa shape index (κ3) is 2.51. The molecule has 3 aromatic rings. The van der Waals surface area contributed by atoms with Gasteiger partial charge >= 0.3 is 0 Å². The van der Waals surface area contributed by atoms with Gasteiger partial charge in [0.15, 0.2) is 0 Å². The van der Waals surface area contributed by atoms with Crippen molar-refractivity contribution < 1.29 is 12.8 Å². The Morgan fingerprint density at radius 3 is 2.83 bits per heavy atom. The van der Waals surface area contributed by atoms with E-state index < -0.39 is 10.0 Å². The van der Waals surface area contributed by atoms with Gasteiger partial charge in [-0.1, -0.05) is 18.2 Å². The van der Waals surface area contributed by atoms with Gasteiger partial charge in [-0.2, -0.15) is 13.1 Å². The molecule has 1 atom stereocenters. The SMILES string of the molecule is O=S(=O)(c1cccc2nsnc12)N1CCC[C@H]1c1cccc(F)c1. The Bertz CT molecular complexity index is 1000. The predicted molar refractivity (Wildman–Crippen MR) is 89.7 cm³/mol. The van der Waals surface area contributed by atoms with Gasteiger partial charge in [0.25, 0.3) is 0 Å². The molecule has 0 aliphatic carbocycles. The van der Waals surface area contributed by atoms with Crippen molar-refractivity contribution in [3.63, 3.8) is 0 Å². The molecule has 1 fully saturated rings. The van der Waals surface area contributed by atoms with Crippen LogP contribution in [0.25, 0.3) is 11.0 Å². The van der Waals surface area contributed by atoms with E-state index in [1.165, 1.54) is 16.4 Å². The molecule has 1 aliphatic rings. The molecule has 2 aromatic carbocycles. The zero-order valence-electron chi connectivity index (χ0n) is 12.6. The molecule has 0 amide bonds. The molecule has 2 heterocycles. The minimum Gasteiger partial charge on any atom is -0.207 e. The second-order valence-electron chi connectivity index (χ2n) is 5.72. The molecular formula is C16H14FN3O2S2. The smallest absolute Gasteiger partial charge is 0.207 e. The first-order valence-electron chi connectivity index (χ1n) is 7.56. The molecule has 24 heavy (non-hydrogen) atoms. The van der Waals surface area contributed by atoms with Crippen LogP contribution in [0.5, 0.6) is 0 Å². The van der Waals surface area contributed by atoms with Crippen LogP contribution in [0.4, 0.5) is 4.39 Å². The summed E-state index contributed by atoms with van der Waals surface area (Å²) in [5.74, 6) is -0.359. The highest BCUT2D eigenvalue weighted by molar-refractivity contribution is 7.89. The molecule has 0 N–H and O–H groups in total. The zero-order chi connectivity index (χ0) is 16.7. The molecule has 8 heteroatoms. The first-order valence-corrected chi connectivity index (χ1v) is 9.73. The van der Waals surface area contributed by atoms with E-state index in [2.05, 4.69) is 8.75 Å². The lowest BCUT2D eigenvalue weighted by atomic mass is 10.1. The zero-order valence-corrected chi connectivity index (χ0v) is 14.2. The van der Waals surface area contributed by atoms with Crippen molar-refractivity contribution in [2.75, 3.05) is 6.54 Å². The maximum Gasteiger partial charge on any atom is 0.245 e. The van der Waals surface area contributed by atoms with Crippen molar-refractivity contribution in [2.45, 2.75) is 23.8 Å². The molecule has 1 aromatic heterocycles. The molecule has 0 spiro atoms. The van der Waals surface area contributed by atoms with Gasteiger partial charge in [-0.05, 0) is 42.7 Å². The van der Waals surface area contributed by atoms with Crippen molar-refractivity contribution in [3.8, 4) is 0 Å². The quantitative estimate of drug-likeness (QED) is 0.716. The average Bonchev–Trinajstić information content (AvgIpc) is 3.23. The fourth-order valence-electron chi connectivity index (χ4n) is 3.19. The highest BCUT2D eigenvalue weighted by atomic mass is 32.2. The highest BCUT2D eigenvalue weighted by Crippen LogP contribution is 2.37. The average molecular weight is 363 g/mol. The standard InChI is InChI=1S/C16H14FN3O2S2/c17-12-5-1-4-11(10-12)14-7-3-9-20(14)24(21,22)15-8-2-6-13-16(15)19-23-18-13/h1-2,4-6,8,10,14H,3,7,9H2/t14-/m0/s1. The van der Waals surface area contributed by atoms with Crippen LogP contribution < -0.4 is 0 Å². The van der Waals surface area contributed by atoms with Gasteiger partial charge in [-0.3, -0.25) is 0 Å². The topological polar surface area (TPSA) is 63.2 Å². The molecular weight excluding hydrogens is 349 g/mol. The first-order chi connectivity index (χ1) is 11.6. The predicted octanol–water partition coefficient (Wildman–Crippen LogP) is 3.36. The van der Waals surface area contributed by atoms with E-state index in [4.69, 9.17) is 0 Å². The van der Waals surface area contributed by atoms with Crippen LogP contribution in [0, 0.1) is 5.82 Å². The van der Waals surface area contributed by atoms with E-state index in [1.807, 2.05) is 0 Å². The fraction of sp³-hybridized carbons (Fsp3) is 0.250. The Morgan fingerprint density at radius 1 is 1.17 bits per heavy atom. The van der Waals surface area contributed by atoms with E-state index in [9.17, 15) is 12.8 Å². The number of halogens is 1. The van der Waals surface area contributed by atoms with Crippen LogP contribution in [0.2, 0.25) is 0 Å². The molecule has 1 saturated heterocycles. The molecule has 0 unspecified atom stereocenters. The lowest BCUT2D eigenvalue weighted by molar-refractivity contribution is 0.396. The number of nitrogens with zero attached hydrogens (tertiary/aromatic N) is 3. The van der Waals surface area contributed by atoms with Crippen molar-refractivity contribution in [3.05, 3.63) is 53.8 Å². The molecule has 0 saturated carbocycles. The Labute approximate surface area is 143 Å². The Kier molecular flexibility index (Phi) is 3.82. The minimum absolute atomic E-state index is 0.164. The van der Waals surface area contributed by atoms with Crippen molar-refractivity contribution in [2.24, 2.45) is 0 Å². The number of hydrogen-bond donors (Lipinski definition) is 0. The van der Waals surface area contributed by atoms with Gasteiger partial charge in [0.1, 0.15) is 21.7 Å². The monoisotopic (exact) mass is 363 g/mol. The summed E-state index contributed by atoms with van der Waals surface area (Å²) in [5.41, 5.74) is 1.65. The highest BCUT2D eigenvalue weighted by Gasteiger charge is 2.37. The minimum atomic E-state index is -3.73. The Morgan fingerprint density at radius 2 is 2.00 bits per heavy atom. The summed E-state index contributed by atoms with van der Waals surface area (Å²) < 4.78 is 49.6. The summed E-state index contributed by atoms with van der Waals surface area (Å²) in [6, 6.07) is 10.8. The van der Waals surface area contributed by atoms with Crippen LogP contribution >= 0.6 is 11.7 Å². The summed E-state index contributed by atoms with van der Waals surface area (Å²) in [6.45, 7) is 0.414. The normalized spacial score (nSPS) is 19.1. The number of aromatic nitrogens is 2. The number of fused-ring (bicyclic) bond motifs is 1. The number of rotatable bonds is 3. The molecule has 1 aliphatic heterocycles. The van der Waals surface area contributed by atoms with Gasteiger partial charge in [-0.15, -0.1) is 0 Å². The lowest BCUT2D eigenvalue weighted by Crippen LogP contribution is -2.31. The van der Waals surface area contributed by atoms with Gasteiger partial charge < -0.3 is 0 Å². The summed E-state index contributed by atoms with van der Waals surface area (Å²) in [6.07, 6.45) is 1.42. The van der Waals surface area contributed by atoms with E-state index in [1.54, 1.807) is 30.3 Å². The van der Waals surface area contributed by atoms with Crippen LogP contribution in [0.3, 0.4) is 0 Å². The van der Waals surface area contributed by atoms with E-state index in [0.29, 0.717) is 29.6 Å². The number of sulfonamides is 1. The Hall–Kier alpha value is -1.90. The molecule has 124 valence electrons. The maximum atomic E-state index is 13.5. The van der Waals surface area contributed by atoms with Gasteiger partial charge in [0, 0.05) is 6.54 Å². The van der Waals surface area contributed by atoms with Gasteiger partial charge in [0.05, 0.1) is 17.8 Å². The summed E-state index contributed by atoms with van der Waals surface area (Å²) in [5, 5.41) is 0. The van der Waals surface area contributed by atoms with Gasteiger partial charge in [-0.25, -0.2) is 12.8 Å². The second-order valence-corrected chi connectivity index (χ2v) is 8.10. The largest absolute Gasteiger partial charge is 0.245 e. The van der Waals surface area contributed by atoms with E-state index >= 15 is 0 Å². The Balaban J connectivity index is 1.80. The van der Waals surface area contributed by atoms with Crippen molar-refractivity contribution >= 4 is 32.8 Å². The van der Waals surface area contributed by atoms with Crippen LogP contribution in [-0.4, -0.2) is 28.0 Å². The maximum absolute atomic E-state index is 13.5. The number of benzene rings is 2. The number of hydrogen-bond acceptors (Lipinski definition) is 5. The summed E-state index contributed by atoms with van der Waals surface area (Å²) in [4.78, 5) is 0.164. The first kappa shape index (κ1) is 15.6. The molecule has 0 radical (unpaired) electrons. The fourth-order valence-corrected chi connectivity index (χ4v) is 5.63. The lowest BCUT2D eigenvalue weighted by Gasteiger charge is -2.24. The third-order valence-corrected chi connectivity index (χ3v) is 6.76. The second kappa shape index (κ2) is 5.87.